The van der Waals surface area contributed by atoms with E-state index in [9.17, 15) is 0 Å². The summed E-state index contributed by atoms with van der Waals surface area (Å²) >= 11 is 0. The third-order valence-corrected chi connectivity index (χ3v) is 9.30. The number of rotatable bonds is 6. The number of oxazole rings is 1. The Morgan fingerprint density at radius 3 is 2.12 bits per heavy atom. The Morgan fingerprint density at radius 1 is 0.592 bits per heavy atom. The summed E-state index contributed by atoms with van der Waals surface area (Å²) in [6, 6.07) is 48.5. The van der Waals surface area contributed by atoms with Crippen molar-refractivity contribution in [3.63, 3.8) is 0 Å². The van der Waals surface area contributed by atoms with Crippen LogP contribution in [0.3, 0.4) is 0 Å². The lowest BCUT2D eigenvalue weighted by molar-refractivity contribution is 0.620. The van der Waals surface area contributed by atoms with E-state index in [0.29, 0.717) is 5.89 Å². The first-order valence-electron chi connectivity index (χ1n) is 16.5. The maximum absolute atomic E-state index is 6.02. The molecule has 0 bridgehead atoms. The topological polar surface area (TPSA) is 43.9 Å². The highest BCUT2D eigenvalue weighted by atomic mass is 16.3. The van der Waals surface area contributed by atoms with Crippen LogP contribution in [-0.2, 0) is 0 Å². The van der Waals surface area contributed by atoms with Crippen molar-refractivity contribution in [2.24, 2.45) is 0 Å². The van der Waals surface area contributed by atoms with Gasteiger partial charge in [0.1, 0.15) is 5.52 Å². The van der Waals surface area contributed by atoms with Crippen molar-refractivity contribution in [2.45, 2.75) is 6.92 Å². The van der Waals surface area contributed by atoms with Crippen LogP contribution in [0.2, 0.25) is 0 Å². The molecule has 0 saturated heterocycles. The Morgan fingerprint density at radius 2 is 1.33 bits per heavy atom. The van der Waals surface area contributed by atoms with Gasteiger partial charge in [0.25, 0.3) is 0 Å². The smallest absolute Gasteiger partial charge is 0.227 e. The molecule has 0 N–H and O–H groups in total. The van der Waals surface area contributed by atoms with Crippen molar-refractivity contribution in [2.75, 3.05) is 0 Å². The number of pyridine rings is 1. The molecular weight excluding hydrogens is 599 g/mol. The van der Waals surface area contributed by atoms with E-state index in [-0.39, 0.29) is 0 Å². The van der Waals surface area contributed by atoms with Crippen molar-refractivity contribution in [1.29, 1.82) is 0 Å². The van der Waals surface area contributed by atoms with Gasteiger partial charge < -0.3 is 8.98 Å². The first-order valence-corrected chi connectivity index (χ1v) is 16.5. The van der Waals surface area contributed by atoms with Gasteiger partial charge in [-0.25, -0.2) is 9.97 Å². The number of allylic oxidation sites excluding steroid dienone is 1. The Hall–Kier alpha value is -6.52. The zero-order chi connectivity index (χ0) is 32.9. The normalized spacial score (nSPS) is 11.8. The second-order valence-electron chi connectivity index (χ2n) is 12.2. The summed E-state index contributed by atoms with van der Waals surface area (Å²) in [6.45, 7) is 6.30. The van der Waals surface area contributed by atoms with Crippen LogP contribution in [-0.4, -0.2) is 14.5 Å². The molecule has 0 amide bonds. The standard InChI is InChI=1S/C45H31N3O/c1-3-13-35-37-27-36-34-18-8-9-19-39(34)46-44(38(36)28-42(37)48(41(35)4-2)33-16-6-5-7-17-33)32-15-12-14-31(26-32)29-22-24-30(25-23-29)45-47-40-20-10-11-21-43(40)49-45/h3-28H,2H2,1H3/b13-3-. The number of nitrogens with zero attached hydrogens (tertiary/aromatic N) is 3. The summed E-state index contributed by atoms with van der Waals surface area (Å²) in [6.07, 6.45) is 6.25. The maximum Gasteiger partial charge on any atom is 0.227 e. The predicted octanol–water partition coefficient (Wildman–Crippen LogP) is 12.2. The Bertz CT molecular complexity index is 2700. The minimum absolute atomic E-state index is 0.622. The molecule has 0 unspecified atom stereocenters. The van der Waals surface area contributed by atoms with E-state index in [2.05, 4.69) is 150 Å². The summed E-state index contributed by atoms with van der Waals surface area (Å²) in [5.41, 5.74) is 12.2. The van der Waals surface area contributed by atoms with Gasteiger partial charge in [-0.05, 0) is 90.2 Å². The fraction of sp³-hybridized carbons (Fsp3) is 0.0222. The second kappa shape index (κ2) is 11.6. The minimum atomic E-state index is 0.622. The van der Waals surface area contributed by atoms with Crippen molar-refractivity contribution in [1.82, 2.24) is 14.5 Å². The molecule has 0 aliphatic carbocycles. The third kappa shape index (κ3) is 4.77. The molecule has 0 radical (unpaired) electrons. The number of hydrogen-bond acceptors (Lipinski definition) is 3. The van der Waals surface area contributed by atoms with Crippen molar-refractivity contribution < 1.29 is 4.42 Å². The SMILES string of the molecule is C=Cc1c(/C=C\C)c2cc3c(cc2n1-c1ccccc1)c(-c1cccc(-c2ccc(-c4nc5ccccc5o4)cc2)c1)nc1ccccc13. The predicted molar refractivity (Wildman–Crippen MR) is 205 cm³/mol. The van der Waals surface area contributed by atoms with E-state index in [1.54, 1.807) is 0 Å². The first kappa shape index (κ1) is 28.7. The van der Waals surface area contributed by atoms with Crippen LogP contribution in [0.1, 0.15) is 18.2 Å². The molecule has 6 aromatic carbocycles. The average molecular weight is 630 g/mol. The highest BCUT2D eigenvalue weighted by molar-refractivity contribution is 6.16. The molecule has 49 heavy (non-hydrogen) atoms. The molecule has 9 aromatic rings. The lowest BCUT2D eigenvalue weighted by Gasteiger charge is -2.13. The molecule has 3 heterocycles. The fourth-order valence-electron chi connectivity index (χ4n) is 7.04. The van der Waals surface area contributed by atoms with E-state index in [0.717, 1.165) is 77.8 Å². The largest absolute Gasteiger partial charge is 0.436 e. The molecule has 0 aliphatic heterocycles. The van der Waals surface area contributed by atoms with Gasteiger partial charge >= 0.3 is 0 Å². The number of aromatic nitrogens is 3. The maximum atomic E-state index is 6.02. The van der Waals surface area contributed by atoms with Crippen LogP contribution < -0.4 is 0 Å². The number of para-hydroxylation sites is 4. The molecule has 9 rings (SSSR count). The molecular formula is C45H31N3O. The molecule has 4 heteroatoms. The summed E-state index contributed by atoms with van der Waals surface area (Å²) in [5, 5.41) is 4.59. The fourth-order valence-corrected chi connectivity index (χ4v) is 7.04. The van der Waals surface area contributed by atoms with Crippen LogP contribution in [0.15, 0.2) is 157 Å². The Kier molecular flexibility index (Phi) is 6.80. The van der Waals surface area contributed by atoms with E-state index >= 15 is 0 Å². The molecule has 4 nitrogen and oxygen atoms in total. The van der Waals surface area contributed by atoms with Gasteiger partial charge in [-0.2, -0.15) is 0 Å². The van der Waals surface area contributed by atoms with Crippen LogP contribution in [0.4, 0.5) is 0 Å². The molecule has 232 valence electrons. The Labute approximate surface area is 283 Å². The lowest BCUT2D eigenvalue weighted by Crippen LogP contribution is -1.97. The molecule has 0 atom stereocenters. The van der Waals surface area contributed by atoms with Crippen molar-refractivity contribution in [3.05, 3.63) is 163 Å². The third-order valence-electron chi connectivity index (χ3n) is 9.30. The highest BCUT2D eigenvalue weighted by Gasteiger charge is 2.19. The van der Waals surface area contributed by atoms with Crippen molar-refractivity contribution in [3.8, 4) is 39.5 Å². The van der Waals surface area contributed by atoms with Gasteiger partial charge in [0.15, 0.2) is 5.58 Å². The second-order valence-corrected chi connectivity index (χ2v) is 12.2. The van der Waals surface area contributed by atoms with E-state index in [4.69, 9.17) is 9.40 Å². The molecule has 0 aliphatic rings. The zero-order valence-corrected chi connectivity index (χ0v) is 27.0. The van der Waals surface area contributed by atoms with Crippen LogP contribution in [0, 0.1) is 0 Å². The van der Waals surface area contributed by atoms with Gasteiger partial charge in [0, 0.05) is 38.5 Å². The number of hydrogen-bond donors (Lipinski definition) is 0. The summed E-state index contributed by atoms with van der Waals surface area (Å²) < 4.78 is 8.33. The first-order chi connectivity index (χ1) is 24.2. The number of benzene rings is 6. The van der Waals surface area contributed by atoms with E-state index in [1.165, 1.54) is 10.8 Å². The monoisotopic (exact) mass is 629 g/mol. The van der Waals surface area contributed by atoms with Gasteiger partial charge in [0.05, 0.1) is 22.4 Å². The summed E-state index contributed by atoms with van der Waals surface area (Å²) in [7, 11) is 0. The lowest BCUT2D eigenvalue weighted by atomic mass is 9.95. The van der Waals surface area contributed by atoms with Gasteiger partial charge in [-0.3, -0.25) is 0 Å². The van der Waals surface area contributed by atoms with Crippen LogP contribution >= 0.6 is 0 Å². The van der Waals surface area contributed by atoms with E-state index in [1.807, 2.05) is 30.3 Å². The molecule has 3 aromatic heterocycles. The molecule has 0 spiro atoms. The zero-order valence-electron chi connectivity index (χ0n) is 27.0. The van der Waals surface area contributed by atoms with Crippen LogP contribution in [0.25, 0.3) is 95.4 Å². The van der Waals surface area contributed by atoms with E-state index < -0.39 is 0 Å². The minimum Gasteiger partial charge on any atom is -0.436 e. The summed E-state index contributed by atoms with van der Waals surface area (Å²) in [4.78, 5) is 9.99. The number of fused-ring (bicyclic) bond motifs is 5. The van der Waals surface area contributed by atoms with Gasteiger partial charge in [-0.15, -0.1) is 0 Å². The Balaban J connectivity index is 1.23. The van der Waals surface area contributed by atoms with Crippen molar-refractivity contribution >= 4 is 55.8 Å². The summed E-state index contributed by atoms with van der Waals surface area (Å²) in [5.74, 6) is 0.622. The van der Waals surface area contributed by atoms with Crippen LogP contribution in [0.5, 0.6) is 0 Å². The van der Waals surface area contributed by atoms with Gasteiger partial charge in [-0.1, -0.05) is 97.6 Å². The van der Waals surface area contributed by atoms with Gasteiger partial charge in [0.2, 0.25) is 5.89 Å². The quantitative estimate of drug-likeness (QED) is 0.172. The molecule has 0 fully saturated rings. The molecule has 0 saturated carbocycles. The highest BCUT2D eigenvalue weighted by Crippen LogP contribution is 2.40. The average Bonchev–Trinajstić information content (AvgIpc) is 3.73.